The molecule has 0 spiro atoms. The maximum absolute atomic E-state index is 13.6. The van der Waals surface area contributed by atoms with Crippen LogP contribution in [0.15, 0.2) is 30.5 Å². The normalized spacial score (nSPS) is 15.4. The summed E-state index contributed by atoms with van der Waals surface area (Å²) in [4.78, 5) is 6.68. The Morgan fingerprint density at radius 1 is 1.09 bits per heavy atom. The summed E-state index contributed by atoms with van der Waals surface area (Å²) in [5, 5.41) is 11.3. The van der Waals surface area contributed by atoms with E-state index in [1.807, 2.05) is 6.07 Å². The molecule has 1 aliphatic heterocycles. The van der Waals surface area contributed by atoms with E-state index in [1.165, 1.54) is 18.9 Å². The quantitative estimate of drug-likeness (QED) is 0.941. The van der Waals surface area contributed by atoms with Crippen molar-refractivity contribution in [1.29, 1.82) is 0 Å². The molecule has 22 heavy (non-hydrogen) atoms. The van der Waals surface area contributed by atoms with Crippen LogP contribution in [0, 0.1) is 5.82 Å². The third-order valence-corrected chi connectivity index (χ3v) is 3.85. The molecule has 0 unspecified atom stereocenters. The highest BCUT2D eigenvalue weighted by molar-refractivity contribution is 5.39. The van der Waals surface area contributed by atoms with Crippen LogP contribution in [0.1, 0.15) is 31.2 Å². The predicted octanol–water partition coefficient (Wildman–Crippen LogP) is 3.00. The summed E-state index contributed by atoms with van der Waals surface area (Å²) in [6.07, 6.45) is 6.42. The van der Waals surface area contributed by atoms with Gasteiger partial charge in [-0.05, 0) is 18.9 Å². The minimum absolute atomic E-state index is 0.218. The van der Waals surface area contributed by atoms with E-state index < -0.39 is 0 Å². The van der Waals surface area contributed by atoms with Crippen molar-refractivity contribution in [3.63, 3.8) is 0 Å². The highest BCUT2D eigenvalue weighted by Gasteiger charge is 2.13. The van der Waals surface area contributed by atoms with Crippen molar-refractivity contribution in [2.75, 3.05) is 23.3 Å². The molecule has 1 aromatic carbocycles. The minimum Gasteiger partial charge on any atom is -0.364 e. The highest BCUT2D eigenvalue weighted by Crippen LogP contribution is 2.16. The van der Waals surface area contributed by atoms with Crippen LogP contribution in [-0.4, -0.2) is 28.3 Å². The molecule has 0 bridgehead atoms. The first-order valence-corrected chi connectivity index (χ1v) is 7.75. The van der Waals surface area contributed by atoms with E-state index in [0.717, 1.165) is 25.9 Å². The second-order valence-electron chi connectivity index (χ2n) is 5.49. The lowest BCUT2D eigenvalue weighted by molar-refractivity contribution is 0.613. The number of nitrogens with zero attached hydrogens (tertiary/aromatic N) is 4. The van der Waals surface area contributed by atoms with Gasteiger partial charge in [0, 0.05) is 25.2 Å². The van der Waals surface area contributed by atoms with Gasteiger partial charge in [0.25, 0.3) is 0 Å². The van der Waals surface area contributed by atoms with E-state index in [9.17, 15) is 4.39 Å². The van der Waals surface area contributed by atoms with Crippen molar-refractivity contribution in [2.24, 2.45) is 0 Å². The van der Waals surface area contributed by atoms with Gasteiger partial charge in [-0.3, -0.25) is 0 Å². The van der Waals surface area contributed by atoms with Gasteiger partial charge in [0.1, 0.15) is 5.82 Å². The maximum atomic E-state index is 13.6. The van der Waals surface area contributed by atoms with Gasteiger partial charge >= 0.3 is 0 Å². The molecule has 1 N–H and O–H groups in total. The van der Waals surface area contributed by atoms with Crippen LogP contribution >= 0.6 is 0 Å². The fourth-order valence-electron chi connectivity index (χ4n) is 2.61. The Labute approximate surface area is 129 Å². The lowest BCUT2D eigenvalue weighted by Crippen LogP contribution is -2.26. The van der Waals surface area contributed by atoms with Crippen LogP contribution in [0.4, 0.5) is 16.2 Å². The number of rotatable bonds is 4. The van der Waals surface area contributed by atoms with Crippen LogP contribution in [0.5, 0.6) is 0 Å². The molecule has 0 saturated carbocycles. The SMILES string of the molecule is Fc1ccccc1CNc1cnnc(N2CCCCCC2)n1. The molecule has 2 heterocycles. The lowest BCUT2D eigenvalue weighted by Gasteiger charge is -2.19. The average Bonchev–Trinajstić information content (AvgIpc) is 2.84. The zero-order valence-electron chi connectivity index (χ0n) is 12.5. The van der Waals surface area contributed by atoms with E-state index in [4.69, 9.17) is 0 Å². The van der Waals surface area contributed by atoms with E-state index >= 15 is 0 Å². The van der Waals surface area contributed by atoms with Gasteiger partial charge in [-0.25, -0.2) is 4.39 Å². The molecule has 0 radical (unpaired) electrons. The summed E-state index contributed by atoms with van der Waals surface area (Å²) in [6.45, 7) is 2.32. The Morgan fingerprint density at radius 2 is 1.86 bits per heavy atom. The molecule has 3 rings (SSSR count). The van der Waals surface area contributed by atoms with E-state index in [2.05, 4.69) is 25.4 Å². The fourth-order valence-corrected chi connectivity index (χ4v) is 2.61. The molecule has 0 amide bonds. The fraction of sp³-hybridized carbons (Fsp3) is 0.438. The monoisotopic (exact) mass is 301 g/mol. The molecule has 0 aliphatic carbocycles. The van der Waals surface area contributed by atoms with Gasteiger partial charge in [0.05, 0.1) is 6.20 Å². The molecule has 2 aromatic rings. The molecule has 6 heteroatoms. The standard InChI is InChI=1S/C16H20FN5/c17-14-8-4-3-7-13(14)11-18-15-12-19-21-16(20-15)22-9-5-1-2-6-10-22/h3-4,7-8,12H,1-2,5-6,9-11H2,(H,18,20,21). The Balaban J connectivity index is 1.67. The zero-order valence-corrected chi connectivity index (χ0v) is 12.5. The molecule has 0 atom stereocenters. The Morgan fingerprint density at radius 3 is 2.64 bits per heavy atom. The third-order valence-electron chi connectivity index (χ3n) is 3.85. The summed E-state index contributed by atoms with van der Waals surface area (Å²) in [5.41, 5.74) is 0.609. The summed E-state index contributed by atoms with van der Waals surface area (Å²) in [6, 6.07) is 6.72. The Hall–Kier alpha value is -2.24. The highest BCUT2D eigenvalue weighted by atomic mass is 19.1. The van der Waals surface area contributed by atoms with Crippen molar-refractivity contribution in [3.05, 3.63) is 41.8 Å². The van der Waals surface area contributed by atoms with Crippen molar-refractivity contribution in [1.82, 2.24) is 15.2 Å². The molecule has 5 nitrogen and oxygen atoms in total. The predicted molar refractivity (Wildman–Crippen MR) is 84.2 cm³/mol. The Kier molecular flexibility index (Phi) is 4.78. The third kappa shape index (κ3) is 3.69. The van der Waals surface area contributed by atoms with Crippen LogP contribution < -0.4 is 10.2 Å². The van der Waals surface area contributed by atoms with Gasteiger partial charge in [-0.2, -0.15) is 10.1 Å². The van der Waals surface area contributed by atoms with Gasteiger partial charge in [-0.15, -0.1) is 5.10 Å². The number of aromatic nitrogens is 3. The Bertz CT molecular complexity index is 611. The first-order chi connectivity index (χ1) is 10.8. The summed E-state index contributed by atoms with van der Waals surface area (Å²) in [7, 11) is 0. The number of nitrogens with one attached hydrogen (secondary N) is 1. The molecule has 1 fully saturated rings. The number of hydrogen-bond acceptors (Lipinski definition) is 5. The van der Waals surface area contributed by atoms with Gasteiger partial charge in [0.2, 0.25) is 5.95 Å². The molecule has 1 aromatic heterocycles. The molecular formula is C16H20FN5. The first-order valence-electron chi connectivity index (χ1n) is 7.75. The number of hydrogen-bond donors (Lipinski definition) is 1. The number of benzene rings is 1. The largest absolute Gasteiger partial charge is 0.364 e. The lowest BCUT2D eigenvalue weighted by atomic mass is 10.2. The second-order valence-corrected chi connectivity index (χ2v) is 5.49. The number of anilines is 2. The second kappa shape index (κ2) is 7.15. The van der Waals surface area contributed by atoms with Crippen molar-refractivity contribution in [3.8, 4) is 0 Å². The van der Waals surface area contributed by atoms with Crippen LogP contribution in [0.25, 0.3) is 0 Å². The molecular weight excluding hydrogens is 281 g/mol. The van der Waals surface area contributed by atoms with Gasteiger partial charge in [-0.1, -0.05) is 31.0 Å². The van der Waals surface area contributed by atoms with E-state index in [1.54, 1.807) is 18.3 Å². The summed E-state index contributed by atoms with van der Waals surface area (Å²) >= 11 is 0. The van der Waals surface area contributed by atoms with Crippen molar-refractivity contribution < 1.29 is 4.39 Å². The summed E-state index contributed by atoms with van der Waals surface area (Å²) < 4.78 is 13.6. The van der Waals surface area contributed by atoms with Crippen molar-refractivity contribution >= 4 is 11.8 Å². The summed E-state index contributed by atoms with van der Waals surface area (Å²) in [5.74, 6) is 1.06. The first kappa shape index (κ1) is 14.7. The van der Waals surface area contributed by atoms with Crippen LogP contribution in [0.3, 0.4) is 0 Å². The molecule has 1 aliphatic rings. The zero-order chi connectivity index (χ0) is 15.2. The van der Waals surface area contributed by atoms with Crippen molar-refractivity contribution in [2.45, 2.75) is 32.2 Å². The smallest absolute Gasteiger partial charge is 0.247 e. The van der Waals surface area contributed by atoms with E-state index in [-0.39, 0.29) is 5.82 Å². The van der Waals surface area contributed by atoms with Gasteiger partial charge < -0.3 is 10.2 Å². The topological polar surface area (TPSA) is 53.9 Å². The van der Waals surface area contributed by atoms with Crippen LogP contribution in [0.2, 0.25) is 0 Å². The number of halogens is 1. The minimum atomic E-state index is -0.218. The van der Waals surface area contributed by atoms with Crippen LogP contribution in [-0.2, 0) is 6.54 Å². The average molecular weight is 301 g/mol. The maximum Gasteiger partial charge on any atom is 0.247 e. The van der Waals surface area contributed by atoms with Gasteiger partial charge in [0.15, 0.2) is 5.82 Å². The molecule has 116 valence electrons. The molecule has 1 saturated heterocycles. The van der Waals surface area contributed by atoms with E-state index in [0.29, 0.717) is 23.9 Å².